The van der Waals surface area contributed by atoms with E-state index in [4.69, 9.17) is 4.74 Å². The van der Waals surface area contributed by atoms with Crippen LogP contribution in [-0.4, -0.2) is 59.0 Å². The first-order chi connectivity index (χ1) is 16.7. The summed E-state index contributed by atoms with van der Waals surface area (Å²) in [7, 11) is 0. The Balaban J connectivity index is 1.52. The van der Waals surface area contributed by atoms with E-state index in [0.717, 1.165) is 33.4 Å². The van der Waals surface area contributed by atoms with E-state index >= 15 is 0 Å². The second-order valence-corrected chi connectivity index (χ2v) is 9.71. The molecule has 35 heavy (non-hydrogen) atoms. The maximum absolute atomic E-state index is 13.8. The third-order valence-electron chi connectivity index (χ3n) is 6.80. The topological polar surface area (TPSA) is 79.3 Å². The Morgan fingerprint density at radius 2 is 1.83 bits per heavy atom. The average molecular weight is 476 g/mol. The number of benzene rings is 2. The van der Waals surface area contributed by atoms with Crippen molar-refractivity contribution in [3.8, 4) is 0 Å². The van der Waals surface area contributed by atoms with Gasteiger partial charge in [0, 0.05) is 19.3 Å². The van der Waals surface area contributed by atoms with E-state index in [9.17, 15) is 14.4 Å². The number of hydrogen-bond acceptors (Lipinski definition) is 5. The molecule has 1 saturated heterocycles. The van der Waals surface area contributed by atoms with E-state index in [1.165, 1.54) is 4.90 Å². The fourth-order valence-electron chi connectivity index (χ4n) is 5.01. The normalized spacial score (nSPS) is 18.1. The highest BCUT2D eigenvalue weighted by molar-refractivity contribution is 5.95. The first-order valence-electron chi connectivity index (χ1n) is 12.1. The number of fused-ring (bicyclic) bond motifs is 1. The zero-order valence-electron chi connectivity index (χ0n) is 21.0. The number of aliphatic imine (C=N–C) groups is 1. The molecule has 2 aliphatic heterocycles. The van der Waals surface area contributed by atoms with Crippen LogP contribution in [0.15, 0.2) is 41.4 Å². The summed E-state index contributed by atoms with van der Waals surface area (Å²) in [4.78, 5) is 46.9. The number of ether oxygens (including phenoxy) is 1. The molecule has 0 spiro atoms. The van der Waals surface area contributed by atoms with Gasteiger partial charge in [-0.3, -0.25) is 19.4 Å². The van der Waals surface area contributed by atoms with Crippen molar-refractivity contribution in [2.45, 2.75) is 59.2 Å². The molecule has 0 bridgehead atoms. The average Bonchev–Trinajstić information content (AvgIpc) is 3.24. The molecular formula is C28H33N3O4. The number of aryl methyl sites for hydroxylation is 2. The molecule has 2 heterocycles. The molecule has 7 nitrogen and oxygen atoms in total. The van der Waals surface area contributed by atoms with Gasteiger partial charge in [0.25, 0.3) is 0 Å². The lowest BCUT2D eigenvalue weighted by molar-refractivity contribution is -0.166. The maximum atomic E-state index is 13.8. The lowest BCUT2D eigenvalue weighted by Crippen LogP contribution is -2.68. The van der Waals surface area contributed by atoms with Gasteiger partial charge in [-0.2, -0.15) is 0 Å². The molecule has 0 aromatic heterocycles. The number of esters is 1. The van der Waals surface area contributed by atoms with Gasteiger partial charge >= 0.3 is 5.97 Å². The molecule has 184 valence electrons. The SMILES string of the molecule is CCOC(=O)CN(Cc1ccc2c(c1)CN=C2)C(=O)C1(C)CCN1C(=O)Cc1cc(C)cc(C)c1. The molecule has 2 aliphatic rings. The Morgan fingerprint density at radius 3 is 2.49 bits per heavy atom. The molecule has 0 N–H and O–H groups in total. The number of amides is 2. The Hall–Kier alpha value is -3.48. The van der Waals surface area contributed by atoms with Crippen LogP contribution in [0.3, 0.4) is 0 Å². The van der Waals surface area contributed by atoms with Gasteiger partial charge < -0.3 is 14.5 Å². The zero-order valence-corrected chi connectivity index (χ0v) is 21.0. The maximum Gasteiger partial charge on any atom is 0.325 e. The van der Waals surface area contributed by atoms with Crippen LogP contribution in [0.5, 0.6) is 0 Å². The third-order valence-corrected chi connectivity index (χ3v) is 6.80. The van der Waals surface area contributed by atoms with Crippen molar-refractivity contribution in [3.05, 3.63) is 69.8 Å². The van der Waals surface area contributed by atoms with Gasteiger partial charge in [-0.1, -0.05) is 47.5 Å². The highest BCUT2D eigenvalue weighted by atomic mass is 16.5. The van der Waals surface area contributed by atoms with Gasteiger partial charge in [-0.15, -0.1) is 0 Å². The highest BCUT2D eigenvalue weighted by Gasteiger charge is 2.51. The lowest BCUT2D eigenvalue weighted by Gasteiger charge is -2.51. The van der Waals surface area contributed by atoms with Crippen LogP contribution in [0.4, 0.5) is 0 Å². The monoisotopic (exact) mass is 475 g/mol. The Morgan fingerprint density at radius 1 is 1.09 bits per heavy atom. The minimum Gasteiger partial charge on any atom is -0.465 e. The molecule has 1 atom stereocenters. The standard InChI is InChI=1S/C28H33N3O4/c1-5-35-26(33)18-30(17-21-6-7-23-15-29-16-24(23)13-21)27(34)28(4)8-9-31(28)25(32)14-22-11-19(2)10-20(3)12-22/h6-7,10-13,15H,5,8-9,14,16-18H2,1-4H3. The van der Waals surface area contributed by atoms with Crippen LogP contribution in [0, 0.1) is 13.8 Å². The van der Waals surface area contributed by atoms with Crippen LogP contribution in [-0.2, 0) is 38.6 Å². The summed E-state index contributed by atoms with van der Waals surface area (Å²) < 4.78 is 5.14. The molecule has 2 aromatic carbocycles. The number of carbonyl (C=O) groups is 3. The summed E-state index contributed by atoms with van der Waals surface area (Å²) in [6, 6.07) is 12.1. The van der Waals surface area contributed by atoms with Crippen LogP contribution < -0.4 is 0 Å². The van der Waals surface area contributed by atoms with Crippen molar-refractivity contribution >= 4 is 24.0 Å². The second kappa shape index (κ2) is 10.0. The van der Waals surface area contributed by atoms with Gasteiger partial charge in [0.05, 0.1) is 19.6 Å². The summed E-state index contributed by atoms with van der Waals surface area (Å²) in [6.45, 7) is 9.05. The summed E-state index contributed by atoms with van der Waals surface area (Å²) >= 11 is 0. The van der Waals surface area contributed by atoms with Crippen molar-refractivity contribution in [1.29, 1.82) is 0 Å². The van der Waals surface area contributed by atoms with Gasteiger partial charge in [0.2, 0.25) is 11.8 Å². The largest absolute Gasteiger partial charge is 0.465 e. The van der Waals surface area contributed by atoms with Crippen molar-refractivity contribution in [2.24, 2.45) is 4.99 Å². The molecule has 1 fully saturated rings. The van der Waals surface area contributed by atoms with Crippen molar-refractivity contribution in [2.75, 3.05) is 19.7 Å². The van der Waals surface area contributed by atoms with Crippen molar-refractivity contribution in [1.82, 2.24) is 9.80 Å². The molecular weight excluding hydrogens is 442 g/mol. The number of likely N-dealkylation sites (tertiary alicyclic amines) is 1. The quantitative estimate of drug-likeness (QED) is 0.549. The van der Waals surface area contributed by atoms with E-state index in [1.807, 2.05) is 50.4 Å². The minimum absolute atomic E-state index is 0.0807. The first-order valence-corrected chi connectivity index (χ1v) is 12.1. The second-order valence-electron chi connectivity index (χ2n) is 9.71. The molecule has 0 radical (unpaired) electrons. The fraction of sp³-hybridized carbons (Fsp3) is 0.429. The number of nitrogens with zero attached hydrogens (tertiary/aromatic N) is 3. The minimum atomic E-state index is -0.984. The molecule has 2 aromatic rings. The Kier molecular flexibility index (Phi) is 7.05. The predicted molar refractivity (Wildman–Crippen MR) is 134 cm³/mol. The lowest BCUT2D eigenvalue weighted by atomic mass is 9.84. The zero-order chi connectivity index (χ0) is 25.2. The van der Waals surface area contributed by atoms with Gasteiger partial charge in [-0.25, -0.2) is 0 Å². The molecule has 1 unspecified atom stereocenters. The molecule has 2 amide bonds. The van der Waals surface area contributed by atoms with Gasteiger partial charge in [-0.05, 0) is 56.4 Å². The van der Waals surface area contributed by atoms with Crippen molar-refractivity contribution in [3.63, 3.8) is 0 Å². The predicted octanol–water partition coefficient (Wildman–Crippen LogP) is 3.36. The van der Waals surface area contributed by atoms with E-state index in [1.54, 1.807) is 18.7 Å². The smallest absolute Gasteiger partial charge is 0.325 e. The molecule has 4 rings (SSSR count). The molecule has 0 aliphatic carbocycles. The molecule has 0 saturated carbocycles. The number of carbonyl (C=O) groups excluding carboxylic acids is 3. The van der Waals surface area contributed by atoms with Gasteiger partial charge in [0.1, 0.15) is 12.1 Å². The van der Waals surface area contributed by atoms with E-state index in [0.29, 0.717) is 19.5 Å². The number of hydrogen-bond donors (Lipinski definition) is 0. The van der Waals surface area contributed by atoms with Crippen LogP contribution in [0.1, 0.15) is 53.6 Å². The van der Waals surface area contributed by atoms with Crippen LogP contribution in [0.2, 0.25) is 0 Å². The van der Waals surface area contributed by atoms with Crippen LogP contribution >= 0.6 is 0 Å². The Labute approximate surface area is 206 Å². The summed E-state index contributed by atoms with van der Waals surface area (Å²) in [5.74, 6) is -0.772. The first kappa shape index (κ1) is 24.6. The van der Waals surface area contributed by atoms with E-state index < -0.39 is 11.5 Å². The van der Waals surface area contributed by atoms with Crippen molar-refractivity contribution < 1.29 is 19.1 Å². The summed E-state index contributed by atoms with van der Waals surface area (Å²) in [5.41, 5.74) is 5.27. The fourth-order valence-corrected chi connectivity index (χ4v) is 5.01. The van der Waals surface area contributed by atoms with Gasteiger partial charge in [0.15, 0.2) is 0 Å². The number of rotatable bonds is 8. The van der Waals surface area contributed by atoms with E-state index in [-0.39, 0.29) is 37.9 Å². The summed E-state index contributed by atoms with van der Waals surface area (Å²) in [6.07, 6.45) is 2.64. The highest BCUT2D eigenvalue weighted by Crippen LogP contribution is 2.34. The third kappa shape index (κ3) is 5.29. The van der Waals surface area contributed by atoms with E-state index in [2.05, 4.69) is 11.1 Å². The molecule has 7 heteroatoms. The Bertz CT molecular complexity index is 1170. The van der Waals surface area contributed by atoms with Crippen LogP contribution in [0.25, 0.3) is 0 Å². The summed E-state index contributed by atoms with van der Waals surface area (Å²) in [5, 5.41) is 0.